The predicted molar refractivity (Wildman–Crippen MR) is 98.0 cm³/mol. The first-order chi connectivity index (χ1) is 11.1. The van der Waals surface area contributed by atoms with Crippen molar-refractivity contribution in [2.24, 2.45) is 5.73 Å². The monoisotopic (exact) mass is 353 g/mol. The van der Waals surface area contributed by atoms with Crippen LogP contribution < -0.4 is 11.1 Å². The molecule has 2 amide bonds. The van der Waals surface area contributed by atoms with Gasteiger partial charge >= 0.3 is 0 Å². The van der Waals surface area contributed by atoms with E-state index in [1.807, 2.05) is 42.2 Å². The summed E-state index contributed by atoms with van der Waals surface area (Å²) in [7, 11) is 0. The molecular formula is C18H28ClN3O2. The molecule has 1 heterocycles. The molecule has 3 N–H and O–H groups in total. The molecular weight excluding hydrogens is 326 g/mol. The molecule has 0 bridgehead atoms. The molecule has 6 heteroatoms. The number of hydrogen-bond donors (Lipinski definition) is 2. The van der Waals surface area contributed by atoms with Gasteiger partial charge in [0.15, 0.2) is 0 Å². The van der Waals surface area contributed by atoms with Gasteiger partial charge in [0.2, 0.25) is 11.8 Å². The van der Waals surface area contributed by atoms with E-state index >= 15 is 0 Å². The number of benzene rings is 1. The lowest BCUT2D eigenvalue weighted by atomic mass is 10.0. The van der Waals surface area contributed by atoms with Gasteiger partial charge in [0, 0.05) is 19.5 Å². The third kappa shape index (κ3) is 5.80. The molecule has 134 valence electrons. The molecule has 1 aliphatic rings. The molecule has 2 atom stereocenters. The molecule has 0 spiro atoms. The zero-order valence-electron chi connectivity index (χ0n) is 14.2. The van der Waals surface area contributed by atoms with Crippen LogP contribution >= 0.6 is 12.4 Å². The fourth-order valence-corrected chi connectivity index (χ4v) is 2.93. The number of likely N-dealkylation sites (tertiary alicyclic amines) is 1. The third-order valence-corrected chi connectivity index (χ3v) is 4.25. The summed E-state index contributed by atoms with van der Waals surface area (Å²) in [6, 6.07) is 8.69. The molecule has 0 aliphatic carbocycles. The maximum atomic E-state index is 12.7. The summed E-state index contributed by atoms with van der Waals surface area (Å²) in [5.41, 5.74) is 6.92. The molecule has 2 rings (SSSR count). The van der Waals surface area contributed by atoms with Crippen molar-refractivity contribution in [2.45, 2.75) is 51.1 Å². The quantitative estimate of drug-likeness (QED) is 0.786. The van der Waals surface area contributed by atoms with Crippen molar-refractivity contribution >= 4 is 24.2 Å². The lowest BCUT2D eigenvalue weighted by Gasteiger charge is -2.25. The summed E-state index contributed by atoms with van der Waals surface area (Å²) in [5.74, 6) is -0.233. The highest BCUT2D eigenvalue weighted by atomic mass is 35.5. The molecule has 24 heavy (non-hydrogen) atoms. The van der Waals surface area contributed by atoms with Gasteiger partial charge in [0.05, 0.1) is 6.04 Å². The van der Waals surface area contributed by atoms with E-state index in [2.05, 4.69) is 5.32 Å². The van der Waals surface area contributed by atoms with Gasteiger partial charge in [0.25, 0.3) is 0 Å². The second kappa shape index (κ2) is 10.3. The van der Waals surface area contributed by atoms with E-state index < -0.39 is 12.1 Å². The molecule has 0 radical (unpaired) electrons. The number of amides is 2. The number of carbonyl (C=O) groups is 2. The fourth-order valence-electron chi connectivity index (χ4n) is 2.93. The standard InChI is InChI=1S/C18H27N3O2.ClH/c1-2-8-15(19)17(22)20-16(13-14-9-4-3-5-10-14)18(23)21-11-6-7-12-21;/h3-5,9-10,15-16H,2,6-8,11-13,19H2,1H3,(H,20,22);1H. The van der Waals surface area contributed by atoms with Gasteiger partial charge in [-0.2, -0.15) is 0 Å². The lowest BCUT2D eigenvalue weighted by Crippen LogP contribution is -2.53. The van der Waals surface area contributed by atoms with Gasteiger partial charge in [0.1, 0.15) is 6.04 Å². The van der Waals surface area contributed by atoms with E-state index in [4.69, 9.17) is 5.73 Å². The van der Waals surface area contributed by atoms with Crippen LogP contribution in [0.4, 0.5) is 0 Å². The maximum absolute atomic E-state index is 12.7. The first-order valence-electron chi connectivity index (χ1n) is 8.50. The summed E-state index contributed by atoms with van der Waals surface area (Å²) in [6.45, 7) is 3.55. The lowest BCUT2D eigenvalue weighted by molar-refractivity contribution is -0.135. The van der Waals surface area contributed by atoms with E-state index in [9.17, 15) is 9.59 Å². The molecule has 0 aromatic heterocycles. The number of nitrogens with one attached hydrogen (secondary N) is 1. The Morgan fingerprint density at radius 1 is 1.21 bits per heavy atom. The molecule has 1 fully saturated rings. The van der Waals surface area contributed by atoms with Crippen molar-refractivity contribution in [3.05, 3.63) is 35.9 Å². The van der Waals surface area contributed by atoms with E-state index in [1.54, 1.807) is 0 Å². The van der Waals surface area contributed by atoms with E-state index in [1.165, 1.54) is 0 Å². The normalized spacial score (nSPS) is 16.2. The van der Waals surface area contributed by atoms with Gasteiger partial charge < -0.3 is 16.0 Å². The highest BCUT2D eigenvalue weighted by Gasteiger charge is 2.29. The minimum absolute atomic E-state index is 0. The average molecular weight is 354 g/mol. The second-order valence-corrected chi connectivity index (χ2v) is 6.18. The largest absolute Gasteiger partial charge is 0.343 e. The number of halogens is 1. The minimum atomic E-state index is -0.551. The molecule has 2 unspecified atom stereocenters. The Balaban J connectivity index is 0.00000288. The Morgan fingerprint density at radius 3 is 2.42 bits per heavy atom. The van der Waals surface area contributed by atoms with Crippen LogP contribution in [0.25, 0.3) is 0 Å². The number of rotatable bonds is 7. The van der Waals surface area contributed by atoms with Crippen LogP contribution in [0.5, 0.6) is 0 Å². The molecule has 5 nitrogen and oxygen atoms in total. The number of carbonyl (C=O) groups excluding carboxylic acids is 2. The highest BCUT2D eigenvalue weighted by molar-refractivity contribution is 5.90. The summed E-state index contributed by atoms with van der Waals surface area (Å²) in [5, 5.41) is 2.87. The molecule has 0 saturated carbocycles. The first-order valence-corrected chi connectivity index (χ1v) is 8.50. The Morgan fingerprint density at radius 2 is 1.83 bits per heavy atom. The summed E-state index contributed by atoms with van der Waals surface area (Å²) < 4.78 is 0. The van der Waals surface area contributed by atoms with Gasteiger partial charge in [-0.1, -0.05) is 43.7 Å². The maximum Gasteiger partial charge on any atom is 0.245 e. The highest BCUT2D eigenvalue weighted by Crippen LogP contribution is 2.12. The minimum Gasteiger partial charge on any atom is -0.343 e. The van der Waals surface area contributed by atoms with Crippen molar-refractivity contribution in [3.8, 4) is 0 Å². The topological polar surface area (TPSA) is 75.4 Å². The molecule has 1 aromatic rings. The Kier molecular flexibility index (Phi) is 8.79. The Bertz CT molecular complexity index is 518. The van der Waals surface area contributed by atoms with Crippen LogP contribution in [-0.4, -0.2) is 41.9 Å². The van der Waals surface area contributed by atoms with Crippen LogP contribution in [-0.2, 0) is 16.0 Å². The van der Waals surface area contributed by atoms with Gasteiger partial charge in [-0.25, -0.2) is 0 Å². The second-order valence-electron chi connectivity index (χ2n) is 6.18. The Labute approximate surface area is 150 Å². The van der Waals surface area contributed by atoms with Crippen molar-refractivity contribution in [3.63, 3.8) is 0 Å². The van der Waals surface area contributed by atoms with Crippen LogP contribution in [0.15, 0.2) is 30.3 Å². The smallest absolute Gasteiger partial charge is 0.245 e. The Hall–Kier alpha value is -1.59. The molecule has 1 aromatic carbocycles. The predicted octanol–water partition coefficient (Wildman–Crippen LogP) is 1.89. The van der Waals surface area contributed by atoms with Crippen LogP contribution in [0, 0.1) is 0 Å². The zero-order valence-corrected chi connectivity index (χ0v) is 15.1. The van der Waals surface area contributed by atoms with E-state index in [0.717, 1.165) is 37.9 Å². The number of nitrogens with two attached hydrogens (primary N) is 1. The summed E-state index contributed by atoms with van der Waals surface area (Å²) in [4.78, 5) is 26.8. The number of nitrogens with zero attached hydrogens (tertiary/aromatic N) is 1. The van der Waals surface area contributed by atoms with Gasteiger partial charge in [-0.05, 0) is 24.8 Å². The van der Waals surface area contributed by atoms with Crippen LogP contribution in [0.1, 0.15) is 38.2 Å². The molecule has 1 saturated heterocycles. The van der Waals surface area contributed by atoms with Crippen LogP contribution in [0.3, 0.4) is 0 Å². The van der Waals surface area contributed by atoms with E-state index in [-0.39, 0.29) is 24.2 Å². The van der Waals surface area contributed by atoms with Gasteiger partial charge in [-0.3, -0.25) is 9.59 Å². The zero-order chi connectivity index (χ0) is 16.7. The summed E-state index contributed by atoms with van der Waals surface area (Å²) >= 11 is 0. The number of hydrogen-bond acceptors (Lipinski definition) is 3. The average Bonchev–Trinajstić information content (AvgIpc) is 3.09. The van der Waals surface area contributed by atoms with Crippen molar-refractivity contribution in [1.82, 2.24) is 10.2 Å². The summed E-state index contributed by atoms with van der Waals surface area (Å²) in [6.07, 6.45) is 4.04. The third-order valence-electron chi connectivity index (χ3n) is 4.25. The van der Waals surface area contributed by atoms with Crippen LogP contribution in [0.2, 0.25) is 0 Å². The van der Waals surface area contributed by atoms with Crippen molar-refractivity contribution < 1.29 is 9.59 Å². The van der Waals surface area contributed by atoms with Crippen molar-refractivity contribution in [2.75, 3.05) is 13.1 Å². The first kappa shape index (κ1) is 20.5. The van der Waals surface area contributed by atoms with Crippen molar-refractivity contribution in [1.29, 1.82) is 0 Å². The SMILES string of the molecule is CCCC(N)C(=O)NC(Cc1ccccc1)C(=O)N1CCCC1.Cl. The van der Waals surface area contributed by atoms with E-state index in [0.29, 0.717) is 12.8 Å². The molecule has 1 aliphatic heterocycles. The van der Waals surface area contributed by atoms with Gasteiger partial charge in [-0.15, -0.1) is 12.4 Å². The fraction of sp³-hybridized carbons (Fsp3) is 0.556.